The SMILES string of the molecule is CN1Cc2c(N)cccc2C(c2ccc(Cl)c(Cl)c2)C1.O=C(O)/C=C\C(=O)O. The summed E-state index contributed by atoms with van der Waals surface area (Å²) in [5, 5.41) is 16.8. The molecule has 4 N–H and O–H groups in total. The van der Waals surface area contributed by atoms with Crippen molar-refractivity contribution in [2.24, 2.45) is 0 Å². The smallest absolute Gasteiger partial charge is 0.328 e. The molecule has 1 heterocycles. The van der Waals surface area contributed by atoms with Gasteiger partial charge in [-0.25, -0.2) is 9.59 Å². The number of hydrogen-bond acceptors (Lipinski definition) is 4. The maximum Gasteiger partial charge on any atom is 0.328 e. The minimum atomic E-state index is -1.26. The number of likely N-dealkylation sites (N-methyl/N-ethyl adjacent to an activating group) is 1. The Bertz CT molecular complexity index is 899. The summed E-state index contributed by atoms with van der Waals surface area (Å²) in [6.45, 7) is 1.84. The van der Waals surface area contributed by atoms with E-state index >= 15 is 0 Å². The van der Waals surface area contributed by atoms with Gasteiger partial charge in [-0.05, 0) is 41.9 Å². The summed E-state index contributed by atoms with van der Waals surface area (Å²) in [5.74, 6) is -2.23. The number of anilines is 1. The highest BCUT2D eigenvalue weighted by Gasteiger charge is 2.26. The normalized spacial score (nSPS) is 16.2. The van der Waals surface area contributed by atoms with Crippen molar-refractivity contribution in [2.75, 3.05) is 19.3 Å². The van der Waals surface area contributed by atoms with Gasteiger partial charge in [0.25, 0.3) is 0 Å². The Morgan fingerprint density at radius 2 is 1.75 bits per heavy atom. The molecule has 0 aliphatic carbocycles. The summed E-state index contributed by atoms with van der Waals surface area (Å²) >= 11 is 12.2. The van der Waals surface area contributed by atoms with E-state index in [1.54, 1.807) is 0 Å². The third kappa shape index (κ3) is 5.73. The largest absolute Gasteiger partial charge is 0.478 e. The van der Waals surface area contributed by atoms with Gasteiger partial charge >= 0.3 is 11.9 Å². The molecule has 2 aromatic rings. The topological polar surface area (TPSA) is 104 Å². The van der Waals surface area contributed by atoms with Crippen LogP contribution in [0.5, 0.6) is 0 Å². The molecule has 1 aliphatic rings. The van der Waals surface area contributed by atoms with Gasteiger partial charge < -0.3 is 20.8 Å². The van der Waals surface area contributed by atoms with E-state index in [0.717, 1.165) is 18.8 Å². The van der Waals surface area contributed by atoms with E-state index in [-0.39, 0.29) is 5.92 Å². The first-order chi connectivity index (χ1) is 13.2. The van der Waals surface area contributed by atoms with Crippen molar-refractivity contribution >= 4 is 40.8 Å². The zero-order valence-electron chi connectivity index (χ0n) is 15.1. The van der Waals surface area contributed by atoms with Crippen LogP contribution in [-0.2, 0) is 16.1 Å². The van der Waals surface area contributed by atoms with Crippen molar-refractivity contribution in [1.82, 2.24) is 4.90 Å². The van der Waals surface area contributed by atoms with Crippen molar-refractivity contribution in [3.05, 3.63) is 75.3 Å². The highest BCUT2D eigenvalue weighted by atomic mass is 35.5. The average molecular weight is 423 g/mol. The fourth-order valence-electron chi connectivity index (χ4n) is 3.03. The molecule has 0 saturated heterocycles. The number of carboxylic acids is 2. The number of halogens is 2. The molecular formula is C20H20Cl2N2O4. The molecule has 0 amide bonds. The highest BCUT2D eigenvalue weighted by Crippen LogP contribution is 2.37. The number of rotatable bonds is 3. The van der Waals surface area contributed by atoms with Crippen LogP contribution in [0.15, 0.2) is 48.6 Å². The Morgan fingerprint density at radius 3 is 2.32 bits per heavy atom. The molecule has 1 atom stereocenters. The van der Waals surface area contributed by atoms with Crippen LogP contribution in [-0.4, -0.2) is 40.6 Å². The average Bonchev–Trinajstić information content (AvgIpc) is 2.63. The molecule has 0 saturated carbocycles. The Balaban J connectivity index is 0.000000300. The number of carbonyl (C=O) groups is 2. The molecule has 148 valence electrons. The van der Waals surface area contributed by atoms with Crippen LogP contribution in [0.3, 0.4) is 0 Å². The first kappa shape index (κ1) is 21.8. The zero-order chi connectivity index (χ0) is 20.8. The summed E-state index contributed by atoms with van der Waals surface area (Å²) in [6.07, 6.45) is 1.12. The monoisotopic (exact) mass is 422 g/mol. The molecule has 3 rings (SSSR count). The van der Waals surface area contributed by atoms with Gasteiger partial charge in [-0.15, -0.1) is 0 Å². The third-order valence-electron chi connectivity index (χ3n) is 4.26. The van der Waals surface area contributed by atoms with Crippen LogP contribution < -0.4 is 5.73 Å². The lowest BCUT2D eigenvalue weighted by Crippen LogP contribution is -2.31. The highest BCUT2D eigenvalue weighted by molar-refractivity contribution is 6.42. The fourth-order valence-corrected chi connectivity index (χ4v) is 3.34. The summed E-state index contributed by atoms with van der Waals surface area (Å²) in [6, 6.07) is 12.0. The second-order valence-corrected chi connectivity index (χ2v) is 7.16. The molecule has 0 bridgehead atoms. The van der Waals surface area contributed by atoms with Crippen LogP contribution >= 0.6 is 23.2 Å². The maximum atomic E-state index is 9.55. The lowest BCUT2D eigenvalue weighted by molar-refractivity contribution is -0.134. The fraction of sp³-hybridized carbons (Fsp3) is 0.200. The zero-order valence-corrected chi connectivity index (χ0v) is 16.6. The van der Waals surface area contributed by atoms with Gasteiger partial charge in [0.15, 0.2) is 0 Å². The Morgan fingerprint density at radius 1 is 1.11 bits per heavy atom. The third-order valence-corrected chi connectivity index (χ3v) is 5.00. The van der Waals surface area contributed by atoms with E-state index in [2.05, 4.69) is 18.0 Å². The van der Waals surface area contributed by atoms with Crippen molar-refractivity contribution in [3.8, 4) is 0 Å². The maximum absolute atomic E-state index is 9.55. The van der Waals surface area contributed by atoms with Crippen molar-refractivity contribution in [2.45, 2.75) is 12.5 Å². The molecule has 2 aromatic carbocycles. The van der Waals surface area contributed by atoms with Crippen LogP contribution in [0.25, 0.3) is 0 Å². The predicted octanol–water partition coefficient (Wildman–Crippen LogP) is 3.86. The number of benzene rings is 2. The van der Waals surface area contributed by atoms with E-state index in [0.29, 0.717) is 22.2 Å². The van der Waals surface area contributed by atoms with E-state index in [1.807, 2.05) is 30.3 Å². The lowest BCUT2D eigenvalue weighted by atomic mass is 9.84. The molecule has 6 nitrogen and oxygen atoms in total. The quantitative estimate of drug-likeness (QED) is 0.512. The van der Waals surface area contributed by atoms with Gasteiger partial charge in [0.2, 0.25) is 0 Å². The lowest BCUT2D eigenvalue weighted by Gasteiger charge is -2.33. The van der Waals surface area contributed by atoms with Gasteiger partial charge in [0, 0.05) is 36.8 Å². The number of hydrogen-bond donors (Lipinski definition) is 3. The summed E-state index contributed by atoms with van der Waals surface area (Å²) < 4.78 is 0. The van der Waals surface area contributed by atoms with Crippen LogP contribution in [0.1, 0.15) is 22.6 Å². The molecule has 1 unspecified atom stereocenters. The molecule has 28 heavy (non-hydrogen) atoms. The van der Waals surface area contributed by atoms with Gasteiger partial charge in [-0.1, -0.05) is 41.4 Å². The van der Waals surface area contributed by atoms with Gasteiger partial charge in [-0.3, -0.25) is 0 Å². The number of nitrogens with zero attached hydrogens (tertiary/aromatic N) is 1. The summed E-state index contributed by atoms with van der Waals surface area (Å²) in [7, 11) is 2.11. The predicted molar refractivity (Wildman–Crippen MR) is 110 cm³/mol. The molecule has 0 aromatic heterocycles. The number of nitrogen functional groups attached to an aromatic ring is 1. The molecule has 0 spiro atoms. The van der Waals surface area contributed by atoms with Gasteiger partial charge in [0.05, 0.1) is 10.0 Å². The van der Waals surface area contributed by atoms with Crippen LogP contribution in [0.4, 0.5) is 5.69 Å². The minimum Gasteiger partial charge on any atom is -0.478 e. The standard InChI is InChI=1S/C16H16Cl2N2.C4H4O4/c1-20-8-12(10-5-6-14(17)15(18)7-10)11-3-2-4-16(19)13(11)9-20;5-3(6)1-2-4(7)8/h2-7,12H,8-9,19H2,1H3;1-2H,(H,5,6)(H,7,8)/b;2-1-. The van der Waals surface area contributed by atoms with Gasteiger partial charge in [-0.2, -0.15) is 0 Å². The molecule has 1 aliphatic heterocycles. The molecular weight excluding hydrogens is 403 g/mol. The van der Waals surface area contributed by atoms with Crippen molar-refractivity contribution in [1.29, 1.82) is 0 Å². The molecule has 0 fully saturated rings. The molecule has 0 radical (unpaired) electrons. The van der Waals surface area contributed by atoms with Crippen LogP contribution in [0.2, 0.25) is 10.0 Å². The number of fused-ring (bicyclic) bond motifs is 1. The number of nitrogens with two attached hydrogens (primary N) is 1. The Labute approximate surface area is 172 Å². The molecule has 8 heteroatoms. The second-order valence-electron chi connectivity index (χ2n) is 6.35. The number of carboxylic acid groups (broad SMARTS) is 2. The van der Waals surface area contributed by atoms with E-state index < -0.39 is 11.9 Å². The minimum absolute atomic E-state index is 0.280. The summed E-state index contributed by atoms with van der Waals surface area (Å²) in [5.41, 5.74) is 10.7. The number of aliphatic carboxylic acids is 2. The van der Waals surface area contributed by atoms with Crippen molar-refractivity contribution < 1.29 is 19.8 Å². The first-order valence-corrected chi connectivity index (χ1v) is 9.09. The van der Waals surface area contributed by atoms with E-state index in [4.69, 9.17) is 39.1 Å². The summed E-state index contributed by atoms with van der Waals surface area (Å²) in [4.78, 5) is 21.4. The van der Waals surface area contributed by atoms with Crippen molar-refractivity contribution in [3.63, 3.8) is 0 Å². The first-order valence-electron chi connectivity index (χ1n) is 8.33. The van der Waals surface area contributed by atoms with E-state index in [1.165, 1.54) is 16.7 Å². The van der Waals surface area contributed by atoms with E-state index in [9.17, 15) is 9.59 Å². The second kappa shape index (κ2) is 9.59. The Hall–Kier alpha value is -2.54. The Kier molecular flexibility index (Phi) is 7.45. The van der Waals surface area contributed by atoms with Crippen LogP contribution in [0, 0.1) is 0 Å². The van der Waals surface area contributed by atoms with Gasteiger partial charge in [0.1, 0.15) is 0 Å².